The van der Waals surface area contributed by atoms with Gasteiger partial charge in [0.1, 0.15) is 5.82 Å². The largest absolute Gasteiger partial charge is 0.342 e. The van der Waals surface area contributed by atoms with E-state index in [-0.39, 0.29) is 29.6 Å². The van der Waals surface area contributed by atoms with Gasteiger partial charge >= 0.3 is 0 Å². The predicted octanol–water partition coefficient (Wildman–Crippen LogP) is 3.74. The van der Waals surface area contributed by atoms with Crippen LogP contribution in [-0.4, -0.2) is 41.2 Å². The fraction of sp³-hybridized carbons (Fsp3) is 0.417. The lowest BCUT2D eigenvalue weighted by Gasteiger charge is -2.30. The van der Waals surface area contributed by atoms with Crippen molar-refractivity contribution in [2.75, 3.05) is 19.6 Å². The Bertz CT molecular complexity index is 929. The molecule has 2 heterocycles. The van der Waals surface area contributed by atoms with Gasteiger partial charge in [0.2, 0.25) is 11.8 Å². The SMILES string of the molecule is CC(=O)N1C[C@H]2CN(C(=O)CCc3cccc(F)c3)C[C@H]2[C@@H]1c1ccccc1C. The number of benzene rings is 2. The molecule has 4 nitrogen and oxygen atoms in total. The van der Waals surface area contributed by atoms with Crippen LogP contribution in [0, 0.1) is 24.6 Å². The summed E-state index contributed by atoms with van der Waals surface area (Å²) in [5, 5.41) is 0. The maximum atomic E-state index is 13.4. The Kier molecular flexibility index (Phi) is 5.39. The first-order valence-electron chi connectivity index (χ1n) is 10.3. The number of aryl methyl sites for hydroxylation is 2. The van der Waals surface area contributed by atoms with Gasteiger partial charge in [-0.2, -0.15) is 0 Å². The second-order valence-corrected chi connectivity index (χ2v) is 8.33. The van der Waals surface area contributed by atoms with Crippen molar-refractivity contribution in [3.63, 3.8) is 0 Å². The molecule has 0 spiro atoms. The Morgan fingerprint density at radius 3 is 2.59 bits per heavy atom. The molecule has 2 aliphatic rings. The number of carbonyl (C=O) groups is 2. The second kappa shape index (κ2) is 7.97. The fourth-order valence-corrected chi connectivity index (χ4v) is 4.99. The fourth-order valence-electron chi connectivity index (χ4n) is 4.99. The molecular weight excluding hydrogens is 367 g/mol. The second-order valence-electron chi connectivity index (χ2n) is 8.33. The lowest BCUT2D eigenvalue weighted by molar-refractivity contribution is -0.131. The van der Waals surface area contributed by atoms with Crippen LogP contribution >= 0.6 is 0 Å². The number of amides is 2. The quantitative estimate of drug-likeness (QED) is 0.793. The van der Waals surface area contributed by atoms with Gasteiger partial charge in [-0.15, -0.1) is 0 Å². The van der Waals surface area contributed by atoms with Crippen molar-refractivity contribution in [1.29, 1.82) is 0 Å². The van der Waals surface area contributed by atoms with Crippen LogP contribution in [-0.2, 0) is 16.0 Å². The van der Waals surface area contributed by atoms with Crippen molar-refractivity contribution in [2.24, 2.45) is 11.8 Å². The summed E-state index contributed by atoms with van der Waals surface area (Å²) in [5.41, 5.74) is 3.21. The average Bonchev–Trinajstić information content (AvgIpc) is 3.25. The van der Waals surface area contributed by atoms with Gasteiger partial charge in [-0.1, -0.05) is 36.4 Å². The van der Waals surface area contributed by atoms with E-state index in [4.69, 9.17) is 0 Å². The van der Waals surface area contributed by atoms with E-state index in [0.29, 0.717) is 38.4 Å². The van der Waals surface area contributed by atoms with Crippen molar-refractivity contribution in [1.82, 2.24) is 9.80 Å². The van der Waals surface area contributed by atoms with Gasteiger partial charge in [-0.3, -0.25) is 9.59 Å². The normalized spacial score (nSPS) is 23.3. The molecule has 2 fully saturated rings. The van der Waals surface area contributed by atoms with Crippen molar-refractivity contribution in [3.05, 3.63) is 71.0 Å². The molecule has 152 valence electrons. The topological polar surface area (TPSA) is 40.6 Å². The van der Waals surface area contributed by atoms with Crippen LogP contribution in [0.1, 0.15) is 36.1 Å². The molecule has 3 atom stereocenters. The van der Waals surface area contributed by atoms with Crippen LogP contribution in [0.3, 0.4) is 0 Å². The molecule has 0 saturated carbocycles. The number of fused-ring (bicyclic) bond motifs is 1. The molecule has 0 N–H and O–H groups in total. The summed E-state index contributed by atoms with van der Waals surface area (Å²) in [4.78, 5) is 29.0. The summed E-state index contributed by atoms with van der Waals surface area (Å²) >= 11 is 0. The average molecular weight is 394 g/mol. The minimum absolute atomic E-state index is 0.0275. The van der Waals surface area contributed by atoms with Gasteiger partial charge in [-0.25, -0.2) is 4.39 Å². The molecule has 2 amide bonds. The summed E-state index contributed by atoms with van der Waals surface area (Å²) in [5.74, 6) is 0.508. The minimum atomic E-state index is -0.268. The number of nitrogens with zero attached hydrogens (tertiary/aromatic N) is 2. The predicted molar refractivity (Wildman–Crippen MR) is 110 cm³/mol. The van der Waals surface area contributed by atoms with E-state index >= 15 is 0 Å². The van der Waals surface area contributed by atoms with Gasteiger partial charge in [0.15, 0.2) is 0 Å². The third-order valence-corrected chi connectivity index (χ3v) is 6.44. The van der Waals surface area contributed by atoms with E-state index in [1.807, 2.05) is 28.0 Å². The molecule has 0 aromatic heterocycles. The van der Waals surface area contributed by atoms with Crippen LogP contribution in [0.4, 0.5) is 4.39 Å². The Labute approximate surface area is 171 Å². The molecule has 0 unspecified atom stereocenters. The Balaban J connectivity index is 1.47. The number of halogens is 1. The highest BCUT2D eigenvalue weighted by atomic mass is 19.1. The zero-order valence-electron chi connectivity index (χ0n) is 17.0. The molecule has 2 aromatic carbocycles. The molecule has 5 heteroatoms. The molecule has 0 bridgehead atoms. The van der Waals surface area contributed by atoms with E-state index < -0.39 is 0 Å². The first-order valence-corrected chi connectivity index (χ1v) is 10.3. The Hall–Kier alpha value is -2.69. The summed E-state index contributed by atoms with van der Waals surface area (Å²) in [6.07, 6.45) is 0.928. The van der Waals surface area contributed by atoms with E-state index in [0.717, 1.165) is 5.56 Å². The van der Waals surface area contributed by atoms with E-state index in [1.54, 1.807) is 13.0 Å². The minimum Gasteiger partial charge on any atom is -0.342 e. The summed E-state index contributed by atoms with van der Waals surface area (Å²) in [6.45, 7) is 5.78. The van der Waals surface area contributed by atoms with Crippen molar-refractivity contribution in [3.8, 4) is 0 Å². The molecular formula is C24H27FN2O2. The smallest absolute Gasteiger partial charge is 0.222 e. The molecule has 29 heavy (non-hydrogen) atoms. The standard InChI is InChI=1S/C24H27FN2O2/c1-16-6-3-4-9-21(16)24-22-15-26(13-19(22)14-27(24)17(2)28)23(29)11-10-18-7-5-8-20(25)12-18/h3-9,12,19,22,24H,10-11,13-15H2,1-2H3/t19-,22-,24+/m1/s1. The van der Waals surface area contributed by atoms with Crippen LogP contribution in [0.15, 0.2) is 48.5 Å². The molecule has 0 aliphatic carbocycles. The summed E-state index contributed by atoms with van der Waals surface area (Å²) < 4.78 is 13.4. The molecule has 4 rings (SSSR count). The van der Waals surface area contributed by atoms with Gasteiger partial charge in [0.25, 0.3) is 0 Å². The Morgan fingerprint density at radius 2 is 1.86 bits per heavy atom. The maximum absolute atomic E-state index is 13.4. The summed E-state index contributed by atoms with van der Waals surface area (Å²) in [7, 11) is 0. The van der Waals surface area contributed by atoms with Gasteiger partial charge in [-0.05, 0) is 42.2 Å². The molecule has 2 saturated heterocycles. The number of carbonyl (C=O) groups excluding carboxylic acids is 2. The number of hydrogen-bond donors (Lipinski definition) is 0. The third-order valence-electron chi connectivity index (χ3n) is 6.44. The van der Waals surface area contributed by atoms with Crippen LogP contribution in [0.2, 0.25) is 0 Å². The van der Waals surface area contributed by atoms with Gasteiger partial charge < -0.3 is 9.80 Å². The molecule has 2 aromatic rings. The monoisotopic (exact) mass is 394 g/mol. The van der Waals surface area contributed by atoms with Gasteiger partial charge in [0, 0.05) is 44.8 Å². The van der Waals surface area contributed by atoms with Crippen molar-refractivity contribution in [2.45, 2.75) is 32.7 Å². The number of likely N-dealkylation sites (tertiary alicyclic amines) is 2. The van der Waals surface area contributed by atoms with E-state index in [2.05, 4.69) is 19.1 Å². The first kappa shape index (κ1) is 19.6. The van der Waals surface area contributed by atoms with E-state index in [9.17, 15) is 14.0 Å². The van der Waals surface area contributed by atoms with E-state index in [1.165, 1.54) is 23.3 Å². The number of rotatable bonds is 4. The van der Waals surface area contributed by atoms with Crippen LogP contribution < -0.4 is 0 Å². The first-order chi connectivity index (χ1) is 13.9. The highest BCUT2D eigenvalue weighted by molar-refractivity contribution is 5.77. The number of hydrogen-bond acceptors (Lipinski definition) is 2. The maximum Gasteiger partial charge on any atom is 0.222 e. The Morgan fingerprint density at radius 1 is 1.07 bits per heavy atom. The van der Waals surface area contributed by atoms with Crippen molar-refractivity contribution >= 4 is 11.8 Å². The molecule has 0 radical (unpaired) electrons. The zero-order valence-corrected chi connectivity index (χ0v) is 17.0. The zero-order chi connectivity index (χ0) is 20.5. The third kappa shape index (κ3) is 3.91. The highest BCUT2D eigenvalue weighted by Gasteiger charge is 2.49. The van der Waals surface area contributed by atoms with Crippen LogP contribution in [0.5, 0.6) is 0 Å². The lowest BCUT2D eigenvalue weighted by Crippen LogP contribution is -2.36. The highest BCUT2D eigenvalue weighted by Crippen LogP contribution is 2.45. The van der Waals surface area contributed by atoms with Gasteiger partial charge in [0.05, 0.1) is 6.04 Å². The summed E-state index contributed by atoms with van der Waals surface area (Å²) in [6, 6.07) is 14.7. The molecule has 2 aliphatic heterocycles. The lowest BCUT2D eigenvalue weighted by atomic mass is 9.87. The van der Waals surface area contributed by atoms with Crippen molar-refractivity contribution < 1.29 is 14.0 Å². The van der Waals surface area contributed by atoms with Crippen LogP contribution in [0.25, 0.3) is 0 Å².